The minimum absolute atomic E-state index is 0.493. The summed E-state index contributed by atoms with van der Waals surface area (Å²) < 4.78 is 54.4. The monoisotopic (exact) mass is 176 g/mol. The van der Waals surface area contributed by atoms with Crippen LogP contribution < -0.4 is 0 Å². The van der Waals surface area contributed by atoms with Gasteiger partial charge in [-0.05, 0) is 6.92 Å². The Bertz CT molecular complexity index is 197. The molecule has 0 atom stereocenters. The van der Waals surface area contributed by atoms with Crippen LogP contribution in [0.15, 0.2) is 0 Å². The van der Waals surface area contributed by atoms with E-state index in [1.807, 2.05) is 0 Å². The van der Waals surface area contributed by atoms with Crippen molar-refractivity contribution in [3.8, 4) is 0 Å². The van der Waals surface area contributed by atoms with E-state index in [2.05, 4.69) is 4.74 Å². The van der Waals surface area contributed by atoms with Crippen LogP contribution in [0.2, 0.25) is 0 Å². The topological polar surface area (TPSA) is 63.6 Å². The maximum absolute atomic E-state index is 11.9. The van der Waals surface area contributed by atoms with Gasteiger partial charge in [-0.2, -0.15) is 17.2 Å². The van der Waals surface area contributed by atoms with Crippen LogP contribution >= 0.6 is 0 Å². The van der Waals surface area contributed by atoms with E-state index in [4.69, 9.17) is 4.55 Å². The van der Waals surface area contributed by atoms with Crippen LogP contribution in [0.25, 0.3) is 0 Å². The zero-order valence-electron chi connectivity index (χ0n) is 5.04. The van der Waals surface area contributed by atoms with Crippen LogP contribution in [-0.4, -0.2) is 25.0 Å². The van der Waals surface area contributed by atoms with Gasteiger partial charge in [-0.1, -0.05) is 0 Å². The van der Waals surface area contributed by atoms with Crippen LogP contribution in [-0.2, 0) is 14.9 Å². The molecule has 62 valence electrons. The third-order valence-corrected chi connectivity index (χ3v) is 1.33. The molecule has 0 aromatic heterocycles. The van der Waals surface area contributed by atoms with Crippen molar-refractivity contribution in [3.05, 3.63) is 0 Å². The highest BCUT2D eigenvalue weighted by atomic mass is 32.2. The third kappa shape index (κ3) is 2.16. The average Bonchev–Trinajstić information content (AvgIpc) is 1.61. The van der Waals surface area contributed by atoms with Crippen LogP contribution in [0, 0.1) is 0 Å². The lowest BCUT2D eigenvalue weighted by molar-refractivity contribution is -0.170. The van der Waals surface area contributed by atoms with Gasteiger partial charge in [0.25, 0.3) is 0 Å². The van der Waals surface area contributed by atoms with Crippen molar-refractivity contribution in [1.82, 2.24) is 0 Å². The van der Waals surface area contributed by atoms with E-state index in [0.29, 0.717) is 0 Å². The lowest BCUT2D eigenvalue weighted by Crippen LogP contribution is -2.31. The predicted octanol–water partition coefficient (Wildman–Crippen LogP) is 0.461. The van der Waals surface area contributed by atoms with Gasteiger partial charge in [0.15, 0.2) is 0 Å². The van der Waals surface area contributed by atoms with Gasteiger partial charge in [-0.3, -0.25) is 4.55 Å². The molecule has 0 aromatic rings. The number of ether oxygens (including phenoxy) is 1. The molecule has 7 heteroatoms. The molecule has 0 radical (unpaired) electrons. The van der Waals surface area contributed by atoms with E-state index in [1.54, 1.807) is 0 Å². The maximum atomic E-state index is 11.9. The van der Waals surface area contributed by atoms with Crippen molar-refractivity contribution in [2.75, 3.05) is 6.61 Å². The summed E-state index contributed by atoms with van der Waals surface area (Å²) in [5.41, 5.74) is -4.48. The lowest BCUT2D eigenvalue weighted by atomic mass is 10.9. The molecule has 10 heavy (non-hydrogen) atoms. The summed E-state index contributed by atoms with van der Waals surface area (Å²) in [6.45, 7) is 0.686. The fraction of sp³-hybridized carbons (Fsp3) is 1.00. The Morgan fingerprint density at radius 2 is 2.00 bits per heavy atom. The fourth-order valence-corrected chi connectivity index (χ4v) is 0.509. The fourth-order valence-electron chi connectivity index (χ4n) is 0.242. The van der Waals surface area contributed by atoms with Crippen molar-refractivity contribution in [3.63, 3.8) is 0 Å². The molecular weight excluding hydrogens is 170 g/mol. The Kier molecular flexibility index (Phi) is 2.69. The highest BCUT2D eigenvalue weighted by Crippen LogP contribution is 2.21. The molecule has 0 amide bonds. The van der Waals surface area contributed by atoms with Crippen LogP contribution in [0.1, 0.15) is 6.92 Å². The SMILES string of the molecule is CCOC(F)(F)S(=O)(=O)O. The van der Waals surface area contributed by atoms with Gasteiger partial charge in [0, 0.05) is 0 Å². The molecule has 0 saturated heterocycles. The Morgan fingerprint density at radius 1 is 1.60 bits per heavy atom. The number of hydrogen-bond donors (Lipinski definition) is 1. The van der Waals surface area contributed by atoms with Crippen molar-refractivity contribution in [2.24, 2.45) is 0 Å². The molecule has 0 heterocycles. The van der Waals surface area contributed by atoms with Crippen LogP contribution in [0.4, 0.5) is 8.78 Å². The zero-order valence-corrected chi connectivity index (χ0v) is 5.86. The molecule has 0 rings (SSSR count). The molecule has 4 nitrogen and oxygen atoms in total. The molecule has 0 fully saturated rings. The average molecular weight is 176 g/mol. The molecule has 0 unspecified atom stereocenters. The van der Waals surface area contributed by atoms with Gasteiger partial charge in [-0.25, -0.2) is 0 Å². The lowest BCUT2D eigenvalue weighted by Gasteiger charge is -2.10. The van der Waals surface area contributed by atoms with E-state index in [1.165, 1.54) is 6.92 Å². The first-order chi connectivity index (χ1) is 4.31. The van der Waals surface area contributed by atoms with Gasteiger partial charge >= 0.3 is 15.6 Å². The number of hydrogen-bond acceptors (Lipinski definition) is 3. The summed E-state index contributed by atoms with van der Waals surface area (Å²) in [6.07, 6.45) is 0. The zero-order chi connectivity index (χ0) is 8.41. The Morgan fingerprint density at radius 3 is 2.10 bits per heavy atom. The van der Waals surface area contributed by atoms with Crippen molar-refractivity contribution in [1.29, 1.82) is 0 Å². The van der Waals surface area contributed by atoms with Gasteiger partial charge in [-0.15, -0.1) is 0 Å². The first-order valence-electron chi connectivity index (χ1n) is 2.30. The normalized spacial score (nSPS) is 13.6. The van der Waals surface area contributed by atoms with E-state index < -0.39 is 22.2 Å². The summed E-state index contributed by atoms with van der Waals surface area (Å²) in [5, 5.41) is 0. The summed E-state index contributed by atoms with van der Waals surface area (Å²) in [5.74, 6) is 0. The van der Waals surface area contributed by atoms with Crippen molar-refractivity contribution in [2.45, 2.75) is 12.4 Å². The number of halogens is 2. The molecular formula is C3H6F2O4S. The second-order valence-corrected chi connectivity index (χ2v) is 2.80. The van der Waals surface area contributed by atoms with Crippen molar-refractivity contribution < 1.29 is 26.5 Å². The minimum atomic E-state index is -5.42. The highest BCUT2D eigenvalue weighted by molar-refractivity contribution is 7.86. The minimum Gasteiger partial charge on any atom is -0.306 e. The van der Waals surface area contributed by atoms with Crippen LogP contribution in [0.3, 0.4) is 0 Å². The van der Waals surface area contributed by atoms with Gasteiger partial charge < -0.3 is 4.74 Å². The smallest absolute Gasteiger partial charge is 0.306 e. The van der Waals surface area contributed by atoms with E-state index in [9.17, 15) is 17.2 Å². The molecule has 0 saturated carbocycles. The molecule has 0 spiro atoms. The second-order valence-electron chi connectivity index (χ2n) is 1.37. The predicted molar refractivity (Wildman–Crippen MR) is 28.1 cm³/mol. The summed E-state index contributed by atoms with van der Waals surface area (Å²) in [7, 11) is -5.42. The first kappa shape index (κ1) is 9.73. The molecule has 0 aromatic carbocycles. The van der Waals surface area contributed by atoms with Gasteiger partial charge in [0.2, 0.25) is 0 Å². The largest absolute Gasteiger partial charge is 0.487 e. The van der Waals surface area contributed by atoms with Gasteiger partial charge in [0.1, 0.15) is 0 Å². The maximum Gasteiger partial charge on any atom is 0.487 e. The summed E-state index contributed by atoms with van der Waals surface area (Å²) in [4.78, 5) is 0. The third-order valence-electron chi connectivity index (χ3n) is 0.613. The standard InChI is InChI=1S/C3H6F2O4S/c1-2-9-3(4,5)10(6,7)8/h2H2,1H3,(H,6,7,8). The summed E-state index contributed by atoms with van der Waals surface area (Å²) >= 11 is 0. The van der Waals surface area contributed by atoms with E-state index >= 15 is 0 Å². The molecule has 0 bridgehead atoms. The first-order valence-corrected chi connectivity index (χ1v) is 3.74. The molecule has 0 aliphatic carbocycles. The molecule has 1 N–H and O–H groups in total. The quantitative estimate of drug-likeness (QED) is 0.634. The Hall–Kier alpha value is -0.270. The molecule has 0 aliphatic heterocycles. The number of rotatable bonds is 3. The Balaban J connectivity index is 4.42. The molecule has 0 aliphatic rings. The van der Waals surface area contributed by atoms with Crippen molar-refractivity contribution >= 4 is 10.1 Å². The highest BCUT2D eigenvalue weighted by Gasteiger charge is 2.45. The van der Waals surface area contributed by atoms with E-state index in [0.717, 1.165) is 0 Å². The van der Waals surface area contributed by atoms with Crippen LogP contribution in [0.5, 0.6) is 0 Å². The van der Waals surface area contributed by atoms with Gasteiger partial charge in [0.05, 0.1) is 6.61 Å². The Labute approximate surface area is 56.5 Å². The van der Waals surface area contributed by atoms with E-state index in [-0.39, 0.29) is 0 Å². The second kappa shape index (κ2) is 2.77. The summed E-state index contributed by atoms with van der Waals surface area (Å²) in [6, 6.07) is 0. The number of alkyl halides is 2.